The lowest BCUT2D eigenvalue weighted by molar-refractivity contribution is -0.384. The molecule has 2 rings (SSSR count). The van der Waals surface area contributed by atoms with Crippen molar-refractivity contribution in [2.24, 2.45) is 0 Å². The highest BCUT2D eigenvalue weighted by atomic mass is 16.6. The maximum atomic E-state index is 11.7. The maximum Gasteiger partial charge on any atom is 0.322 e. The van der Waals surface area contributed by atoms with Gasteiger partial charge in [-0.05, 0) is 37.8 Å². The number of nitrogens with zero attached hydrogens (tertiary/aromatic N) is 2. The first-order valence-electron chi connectivity index (χ1n) is 7.03. The predicted octanol–water partition coefficient (Wildman–Crippen LogP) is 1.95. The Balaban J connectivity index is 2.23. The summed E-state index contributed by atoms with van der Waals surface area (Å²) >= 11 is 0. The number of nitro benzene ring substituents is 1. The van der Waals surface area contributed by atoms with Gasteiger partial charge in [0.05, 0.1) is 12.0 Å². The molecule has 1 aliphatic rings. The Morgan fingerprint density at radius 3 is 2.81 bits per heavy atom. The number of methoxy groups -OCH3 is 1. The van der Waals surface area contributed by atoms with Crippen molar-refractivity contribution in [2.75, 3.05) is 13.7 Å². The van der Waals surface area contributed by atoms with Crippen molar-refractivity contribution in [1.29, 1.82) is 0 Å². The van der Waals surface area contributed by atoms with Gasteiger partial charge in [-0.15, -0.1) is 0 Å². The van der Waals surface area contributed by atoms with E-state index in [1.807, 2.05) is 13.0 Å². The zero-order valence-electron chi connectivity index (χ0n) is 12.5. The second-order valence-electron chi connectivity index (χ2n) is 5.45. The molecule has 0 radical (unpaired) electrons. The predicted molar refractivity (Wildman–Crippen MR) is 78.2 cm³/mol. The van der Waals surface area contributed by atoms with Gasteiger partial charge in [-0.3, -0.25) is 19.8 Å². The highest BCUT2D eigenvalue weighted by Gasteiger charge is 2.29. The molecule has 114 valence electrons. The monoisotopic (exact) mass is 292 g/mol. The van der Waals surface area contributed by atoms with E-state index in [-0.39, 0.29) is 28.7 Å². The second-order valence-corrected chi connectivity index (χ2v) is 5.45. The molecule has 1 heterocycles. The van der Waals surface area contributed by atoms with Crippen LogP contribution >= 0.6 is 0 Å². The number of non-ortho nitro benzene ring substituents is 1. The summed E-state index contributed by atoms with van der Waals surface area (Å²) < 4.78 is 4.81. The van der Waals surface area contributed by atoms with Crippen LogP contribution in [0.15, 0.2) is 18.2 Å². The number of ether oxygens (including phenoxy) is 1. The average Bonchev–Trinajstić information content (AvgIpc) is 2.63. The van der Waals surface area contributed by atoms with Gasteiger partial charge in [-0.1, -0.05) is 6.07 Å². The van der Waals surface area contributed by atoms with E-state index in [1.165, 1.54) is 7.11 Å². The molecule has 1 aromatic rings. The van der Waals surface area contributed by atoms with Gasteiger partial charge in [0.1, 0.15) is 6.04 Å². The van der Waals surface area contributed by atoms with Crippen molar-refractivity contribution in [2.45, 2.75) is 38.8 Å². The molecule has 2 unspecified atom stereocenters. The normalized spacial score (nSPS) is 20.2. The SMILES string of the molecule is COC(=O)C(C)N1CCc2cc([N+](=O)[O-])ccc2CC1C. The minimum absolute atomic E-state index is 0.121. The van der Waals surface area contributed by atoms with E-state index in [4.69, 9.17) is 4.74 Å². The van der Waals surface area contributed by atoms with Crippen LogP contribution in [0.1, 0.15) is 25.0 Å². The van der Waals surface area contributed by atoms with Gasteiger partial charge in [0, 0.05) is 24.7 Å². The molecule has 0 fully saturated rings. The summed E-state index contributed by atoms with van der Waals surface area (Å²) in [6.45, 7) is 4.59. The number of rotatable bonds is 3. The van der Waals surface area contributed by atoms with Gasteiger partial charge in [0.15, 0.2) is 0 Å². The molecule has 0 N–H and O–H groups in total. The number of hydrogen-bond acceptors (Lipinski definition) is 5. The number of fused-ring (bicyclic) bond motifs is 1. The van der Waals surface area contributed by atoms with Crippen molar-refractivity contribution in [3.8, 4) is 0 Å². The van der Waals surface area contributed by atoms with E-state index in [0.717, 1.165) is 17.5 Å². The fourth-order valence-electron chi connectivity index (χ4n) is 2.94. The average molecular weight is 292 g/mol. The van der Waals surface area contributed by atoms with Gasteiger partial charge < -0.3 is 4.74 Å². The summed E-state index contributed by atoms with van der Waals surface area (Å²) in [5, 5.41) is 10.9. The minimum Gasteiger partial charge on any atom is -0.468 e. The third kappa shape index (κ3) is 3.21. The molecule has 0 aromatic heterocycles. The number of carbonyl (C=O) groups is 1. The van der Waals surface area contributed by atoms with Crippen molar-refractivity contribution in [1.82, 2.24) is 4.90 Å². The zero-order chi connectivity index (χ0) is 15.6. The van der Waals surface area contributed by atoms with Gasteiger partial charge in [0.2, 0.25) is 0 Å². The van der Waals surface area contributed by atoms with Crippen LogP contribution in [0.5, 0.6) is 0 Å². The van der Waals surface area contributed by atoms with Crippen LogP contribution in [0.3, 0.4) is 0 Å². The molecule has 0 aliphatic carbocycles. The summed E-state index contributed by atoms with van der Waals surface area (Å²) in [7, 11) is 1.39. The molecule has 1 aromatic carbocycles. The standard InChI is InChI=1S/C15H20N2O4/c1-10-8-12-4-5-14(17(19)20)9-13(12)6-7-16(10)11(2)15(18)21-3/h4-5,9-11H,6-8H2,1-3H3. The highest BCUT2D eigenvalue weighted by Crippen LogP contribution is 2.25. The van der Waals surface area contributed by atoms with Crippen LogP contribution in [-0.2, 0) is 22.4 Å². The topological polar surface area (TPSA) is 72.7 Å². The number of nitro groups is 1. The van der Waals surface area contributed by atoms with Crippen molar-refractivity contribution in [3.05, 3.63) is 39.4 Å². The molecule has 21 heavy (non-hydrogen) atoms. The van der Waals surface area contributed by atoms with E-state index in [1.54, 1.807) is 12.1 Å². The highest BCUT2D eigenvalue weighted by molar-refractivity contribution is 5.75. The van der Waals surface area contributed by atoms with E-state index in [0.29, 0.717) is 13.0 Å². The summed E-state index contributed by atoms with van der Waals surface area (Å²) in [6, 6.07) is 4.89. The zero-order valence-corrected chi connectivity index (χ0v) is 12.5. The van der Waals surface area contributed by atoms with Crippen molar-refractivity contribution in [3.63, 3.8) is 0 Å². The lowest BCUT2D eigenvalue weighted by atomic mass is 10.00. The third-order valence-corrected chi connectivity index (χ3v) is 4.16. The molecule has 0 bridgehead atoms. The quantitative estimate of drug-likeness (QED) is 0.483. The fraction of sp³-hybridized carbons (Fsp3) is 0.533. The first kappa shape index (κ1) is 15.4. The van der Waals surface area contributed by atoms with Gasteiger partial charge in [-0.25, -0.2) is 0 Å². The molecule has 1 aliphatic heterocycles. The van der Waals surface area contributed by atoms with E-state index < -0.39 is 0 Å². The van der Waals surface area contributed by atoms with Crippen molar-refractivity contribution >= 4 is 11.7 Å². The molecule has 6 nitrogen and oxygen atoms in total. The number of esters is 1. The first-order chi connectivity index (χ1) is 9.93. The van der Waals surface area contributed by atoms with Crippen LogP contribution < -0.4 is 0 Å². The molecular weight excluding hydrogens is 272 g/mol. The van der Waals surface area contributed by atoms with Crippen LogP contribution in [0.4, 0.5) is 5.69 Å². The summed E-state index contributed by atoms with van der Waals surface area (Å²) in [6.07, 6.45) is 1.47. The van der Waals surface area contributed by atoms with Crippen LogP contribution in [0.2, 0.25) is 0 Å². The third-order valence-electron chi connectivity index (χ3n) is 4.16. The van der Waals surface area contributed by atoms with Gasteiger partial charge in [-0.2, -0.15) is 0 Å². The molecule has 0 spiro atoms. The van der Waals surface area contributed by atoms with E-state index in [2.05, 4.69) is 11.8 Å². The van der Waals surface area contributed by atoms with Crippen LogP contribution in [0, 0.1) is 10.1 Å². The number of benzene rings is 1. The largest absolute Gasteiger partial charge is 0.468 e. The van der Waals surface area contributed by atoms with Crippen molar-refractivity contribution < 1.29 is 14.5 Å². The number of hydrogen-bond donors (Lipinski definition) is 0. The minimum atomic E-state index is -0.372. The van der Waals surface area contributed by atoms with E-state index >= 15 is 0 Å². The molecule has 6 heteroatoms. The van der Waals surface area contributed by atoms with Gasteiger partial charge >= 0.3 is 5.97 Å². The summed E-state index contributed by atoms with van der Waals surface area (Å²) in [5.74, 6) is -0.251. The Bertz CT molecular complexity index is 559. The Morgan fingerprint density at radius 1 is 1.48 bits per heavy atom. The number of carbonyl (C=O) groups excluding carboxylic acids is 1. The summed E-state index contributed by atoms with van der Waals surface area (Å²) in [4.78, 5) is 24.3. The lowest BCUT2D eigenvalue weighted by Gasteiger charge is -2.31. The van der Waals surface area contributed by atoms with Crippen LogP contribution in [-0.4, -0.2) is 41.5 Å². The Hall–Kier alpha value is -1.95. The smallest absolute Gasteiger partial charge is 0.322 e. The Morgan fingerprint density at radius 2 is 2.19 bits per heavy atom. The molecule has 0 saturated carbocycles. The Labute approximate surface area is 123 Å². The molecule has 2 atom stereocenters. The fourth-order valence-corrected chi connectivity index (χ4v) is 2.94. The second kappa shape index (κ2) is 6.22. The lowest BCUT2D eigenvalue weighted by Crippen LogP contribution is -2.45. The summed E-state index contributed by atoms with van der Waals surface area (Å²) in [5.41, 5.74) is 2.24. The Kier molecular flexibility index (Phi) is 4.57. The molecular formula is C15H20N2O4. The molecule has 0 amide bonds. The first-order valence-corrected chi connectivity index (χ1v) is 7.03. The van der Waals surface area contributed by atoms with Gasteiger partial charge in [0.25, 0.3) is 5.69 Å². The molecule has 0 saturated heterocycles. The van der Waals surface area contributed by atoms with E-state index in [9.17, 15) is 14.9 Å². The maximum absolute atomic E-state index is 11.7. The van der Waals surface area contributed by atoms with Crippen LogP contribution in [0.25, 0.3) is 0 Å².